The lowest BCUT2D eigenvalue weighted by Gasteiger charge is -2.17. The zero-order valence-corrected chi connectivity index (χ0v) is 30.3. The Labute approximate surface area is 322 Å². The first-order valence-corrected chi connectivity index (χ1v) is 19.5. The van der Waals surface area contributed by atoms with Crippen molar-refractivity contribution in [2.75, 3.05) is 0 Å². The first-order valence-electron chi connectivity index (χ1n) is 19.5. The molecule has 12 rings (SSSR count). The summed E-state index contributed by atoms with van der Waals surface area (Å²) >= 11 is 0. The summed E-state index contributed by atoms with van der Waals surface area (Å²) in [6.45, 7) is 0. The Kier molecular flexibility index (Phi) is 6.62. The summed E-state index contributed by atoms with van der Waals surface area (Å²) in [4.78, 5) is 0. The van der Waals surface area contributed by atoms with E-state index in [0.717, 1.165) is 6.42 Å². The minimum Gasteiger partial charge on any atom is -0.0622 e. The van der Waals surface area contributed by atoms with Gasteiger partial charge in [0.05, 0.1) is 0 Å². The molecular weight excluding hydrogens is 661 g/mol. The fraction of sp³-hybridized carbons (Fsp3) is 0.0545. The lowest BCUT2D eigenvalue weighted by molar-refractivity contribution is 1.01. The van der Waals surface area contributed by atoms with Crippen molar-refractivity contribution in [3.8, 4) is 55.6 Å². The van der Waals surface area contributed by atoms with Gasteiger partial charge in [0.1, 0.15) is 0 Å². The Morgan fingerprint density at radius 1 is 0.291 bits per heavy atom. The molecule has 0 fully saturated rings. The van der Waals surface area contributed by atoms with E-state index in [2.05, 4.69) is 194 Å². The van der Waals surface area contributed by atoms with Crippen LogP contribution < -0.4 is 0 Å². The number of hydrogen-bond acceptors (Lipinski definition) is 0. The van der Waals surface area contributed by atoms with Crippen molar-refractivity contribution < 1.29 is 0 Å². The summed E-state index contributed by atoms with van der Waals surface area (Å²) in [6.07, 6.45) is 0.994. The van der Waals surface area contributed by atoms with Gasteiger partial charge in [0.2, 0.25) is 0 Å². The van der Waals surface area contributed by atoms with Crippen molar-refractivity contribution in [1.82, 2.24) is 0 Å². The van der Waals surface area contributed by atoms with Crippen LogP contribution >= 0.6 is 0 Å². The largest absolute Gasteiger partial charge is 0.0622 e. The van der Waals surface area contributed by atoms with Gasteiger partial charge in [0.15, 0.2) is 0 Å². The van der Waals surface area contributed by atoms with E-state index in [4.69, 9.17) is 0 Å². The summed E-state index contributed by atoms with van der Waals surface area (Å²) in [5.41, 5.74) is 24.4. The molecular formula is C55H36. The summed E-state index contributed by atoms with van der Waals surface area (Å²) < 4.78 is 0. The summed E-state index contributed by atoms with van der Waals surface area (Å²) in [5.74, 6) is 0.429. The van der Waals surface area contributed by atoms with Gasteiger partial charge in [-0.3, -0.25) is 0 Å². The molecule has 0 heterocycles. The highest BCUT2D eigenvalue weighted by atomic mass is 14.4. The smallest absolute Gasteiger partial charge is 0.0352 e. The topological polar surface area (TPSA) is 0 Å². The zero-order chi connectivity index (χ0) is 36.0. The minimum absolute atomic E-state index is 0.170. The molecule has 0 radical (unpaired) electrons. The van der Waals surface area contributed by atoms with Crippen molar-refractivity contribution in [3.05, 3.63) is 239 Å². The molecule has 2 atom stereocenters. The normalized spacial score (nSPS) is 15.6. The van der Waals surface area contributed by atoms with Crippen LogP contribution in [0.15, 0.2) is 194 Å². The van der Waals surface area contributed by atoms with Gasteiger partial charge in [0, 0.05) is 11.8 Å². The Balaban J connectivity index is 0.933. The number of rotatable bonds is 4. The lowest BCUT2D eigenvalue weighted by Crippen LogP contribution is -2.00. The second-order valence-electron chi connectivity index (χ2n) is 15.5. The van der Waals surface area contributed by atoms with Crippen LogP contribution in [0.4, 0.5) is 0 Å². The van der Waals surface area contributed by atoms with Gasteiger partial charge in [-0.05, 0) is 136 Å². The van der Waals surface area contributed by atoms with E-state index in [1.165, 1.54) is 111 Å². The molecule has 9 aromatic carbocycles. The predicted octanol–water partition coefficient (Wildman–Crippen LogP) is 14.1. The average Bonchev–Trinajstić information content (AvgIpc) is 3.91. The molecule has 0 nitrogen and oxygen atoms in total. The van der Waals surface area contributed by atoms with Crippen molar-refractivity contribution in [1.29, 1.82) is 0 Å². The van der Waals surface area contributed by atoms with Crippen LogP contribution in [0, 0.1) is 0 Å². The summed E-state index contributed by atoms with van der Waals surface area (Å²) in [5, 5.41) is 2.56. The van der Waals surface area contributed by atoms with Crippen molar-refractivity contribution >= 4 is 10.8 Å². The molecule has 9 aromatic rings. The van der Waals surface area contributed by atoms with Gasteiger partial charge in [-0.15, -0.1) is 0 Å². The molecule has 0 aromatic heterocycles. The Morgan fingerprint density at radius 2 is 0.873 bits per heavy atom. The average molecular weight is 697 g/mol. The van der Waals surface area contributed by atoms with Gasteiger partial charge < -0.3 is 0 Å². The van der Waals surface area contributed by atoms with E-state index < -0.39 is 0 Å². The summed E-state index contributed by atoms with van der Waals surface area (Å²) in [6, 6.07) is 73.1. The minimum atomic E-state index is 0.170. The maximum absolute atomic E-state index is 2.47. The quantitative estimate of drug-likeness (QED) is 0.172. The molecule has 0 heteroatoms. The van der Waals surface area contributed by atoms with Crippen molar-refractivity contribution in [2.24, 2.45) is 0 Å². The standard InChI is InChI=1S/C55H36/c1-2-11-34(12-3-1)54-49-18-9-7-16-46(49)52-31-37(26-28-50(52)54)38-25-27-47-45-15-6-8-17-48(45)55(53(47)32-38)41-24-22-35-29-40(23-21-36(35)30-41)43-19-10-20-44-42-14-5-4-13-39(42)33-51(43)44/h1-32,54-55H,33H2. The molecule has 0 saturated heterocycles. The second-order valence-corrected chi connectivity index (χ2v) is 15.5. The molecule has 2 unspecified atom stereocenters. The SMILES string of the molecule is c1ccc(C2c3ccccc3-c3cc(-c4ccc5c(c4)C(c4ccc6cc(-c7cccc8c7Cc7ccccc7-8)ccc6c4)c4ccccc4-5)ccc32)cc1. The van der Waals surface area contributed by atoms with Gasteiger partial charge in [0.25, 0.3) is 0 Å². The Bertz CT molecular complexity index is 3020. The highest BCUT2D eigenvalue weighted by Gasteiger charge is 2.32. The van der Waals surface area contributed by atoms with Crippen molar-refractivity contribution in [3.63, 3.8) is 0 Å². The molecule has 0 amide bonds. The van der Waals surface area contributed by atoms with Gasteiger partial charge in [-0.2, -0.15) is 0 Å². The van der Waals surface area contributed by atoms with Gasteiger partial charge in [-0.25, -0.2) is 0 Å². The fourth-order valence-corrected chi connectivity index (χ4v) is 10.2. The second kappa shape index (κ2) is 11.9. The van der Waals surface area contributed by atoms with Gasteiger partial charge >= 0.3 is 0 Å². The van der Waals surface area contributed by atoms with E-state index >= 15 is 0 Å². The number of benzene rings is 9. The third kappa shape index (κ3) is 4.65. The third-order valence-electron chi connectivity index (χ3n) is 12.7. The third-order valence-corrected chi connectivity index (χ3v) is 12.7. The van der Waals surface area contributed by atoms with E-state index in [9.17, 15) is 0 Å². The number of fused-ring (bicyclic) bond motifs is 10. The van der Waals surface area contributed by atoms with E-state index in [1.807, 2.05) is 0 Å². The molecule has 0 spiro atoms. The van der Waals surface area contributed by atoms with Crippen LogP contribution in [0.3, 0.4) is 0 Å². The molecule has 0 N–H and O–H groups in total. The zero-order valence-electron chi connectivity index (χ0n) is 30.3. The van der Waals surface area contributed by atoms with E-state index in [-0.39, 0.29) is 11.8 Å². The van der Waals surface area contributed by atoms with E-state index in [0.29, 0.717) is 0 Å². The van der Waals surface area contributed by atoms with Crippen LogP contribution in [-0.4, -0.2) is 0 Å². The Morgan fingerprint density at radius 3 is 1.73 bits per heavy atom. The summed E-state index contributed by atoms with van der Waals surface area (Å²) in [7, 11) is 0. The highest BCUT2D eigenvalue weighted by Crippen LogP contribution is 2.52. The van der Waals surface area contributed by atoms with Crippen LogP contribution in [0.1, 0.15) is 56.3 Å². The number of hydrogen-bond donors (Lipinski definition) is 0. The monoisotopic (exact) mass is 696 g/mol. The molecule has 256 valence electrons. The molecule has 0 aliphatic heterocycles. The van der Waals surface area contributed by atoms with E-state index in [1.54, 1.807) is 0 Å². The van der Waals surface area contributed by atoms with Crippen LogP contribution in [0.2, 0.25) is 0 Å². The Hall–Kier alpha value is -6.76. The highest BCUT2D eigenvalue weighted by molar-refractivity contribution is 5.93. The molecule has 3 aliphatic carbocycles. The van der Waals surface area contributed by atoms with Crippen molar-refractivity contribution in [2.45, 2.75) is 18.3 Å². The molecule has 0 saturated carbocycles. The maximum Gasteiger partial charge on any atom is 0.0352 e. The molecule has 3 aliphatic rings. The lowest BCUT2D eigenvalue weighted by atomic mass is 9.86. The first kappa shape index (κ1) is 30.7. The maximum atomic E-state index is 2.47. The molecule has 0 bridgehead atoms. The van der Waals surface area contributed by atoms with Crippen LogP contribution in [0.25, 0.3) is 66.4 Å². The molecule has 55 heavy (non-hydrogen) atoms. The van der Waals surface area contributed by atoms with Crippen LogP contribution in [-0.2, 0) is 6.42 Å². The van der Waals surface area contributed by atoms with Crippen LogP contribution in [0.5, 0.6) is 0 Å². The fourth-order valence-electron chi connectivity index (χ4n) is 10.2. The van der Waals surface area contributed by atoms with Gasteiger partial charge in [-0.1, -0.05) is 176 Å². The predicted molar refractivity (Wildman–Crippen MR) is 229 cm³/mol. The first-order chi connectivity index (χ1) is 27.3.